The second-order valence-corrected chi connectivity index (χ2v) is 5.92. The van der Waals surface area contributed by atoms with E-state index in [0.29, 0.717) is 23.5 Å². The smallest absolute Gasteiger partial charge is 0.257 e. The van der Waals surface area contributed by atoms with Crippen LogP contribution in [0.1, 0.15) is 22.8 Å². The quantitative estimate of drug-likeness (QED) is 0.788. The van der Waals surface area contributed by atoms with Crippen LogP contribution >= 0.6 is 11.6 Å². The number of amides is 1. The third-order valence-electron chi connectivity index (χ3n) is 3.94. The van der Waals surface area contributed by atoms with Crippen LogP contribution in [0.2, 0.25) is 5.02 Å². The summed E-state index contributed by atoms with van der Waals surface area (Å²) in [6, 6.07) is 14.5. The molecule has 1 N–H and O–H groups in total. The molecule has 0 aliphatic heterocycles. The predicted molar refractivity (Wildman–Crippen MR) is 96.5 cm³/mol. The van der Waals surface area contributed by atoms with Gasteiger partial charge in [-0.3, -0.25) is 9.59 Å². The maximum atomic E-state index is 12.6. The molecule has 3 aromatic rings. The number of benzene rings is 2. The maximum Gasteiger partial charge on any atom is 0.257 e. The zero-order valence-corrected chi connectivity index (χ0v) is 14.0. The molecule has 0 spiro atoms. The number of fused-ring (bicyclic) bond motifs is 1. The van der Waals surface area contributed by atoms with Gasteiger partial charge in [-0.2, -0.15) is 0 Å². The Bertz CT molecular complexity index is 946. The van der Waals surface area contributed by atoms with E-state index in [1.807, 2.05) is 35.8 Å². The fourth-order valence-electron chi connectivity index (χ4n) is 2.65. The summed E-state index contributed by atoms with van der Waals surface area (Å²) in [5.41, 5.74) is 1.66. The Morgan fingerprint density at radius 3 is 2.54 bits per heavy atom. The van der Waals surface area contributed by atoms with Crippen LogP contribution in [0, 0.1) is 0 Å². The second kappa shape index (κ2) is 6.89. The van der Waals surface area contributed by atoms with Gasteiger partial charge in [0.25, 0.3) is 5.91 Å². The summed E-state index contributed by atoms with van der Waals surface area (Å²) >= 11 is 5.85. The summed E-state index contributed by atoms with van der Waals surface area (Å²) < 4.78 is 1.91. The van der Waals surface area contributed by atoms with E-state index in [1.54, 1.807) is 30.5 Å². The highest BCUT2D eigenvalue weighted by molar-refractivity contribution is 6.30. The summed E-state index contributed by atoms with van der Waals surface area (Å²) in [4.78, 5) is 25.1. The minimum atomic E-state index is -0.372. The van der Waals surface area contributed by atoms with Crippen LogP contribution in [0.4, 0.5) is 0 Å². The van der Waals surface area contributed by atoms with Gasteiger partial charge in [-0.1, -0.05) is 35.9 Å². The topological polar surface area (TPSA) is 51.1 Å². The molecular formula is C19H17ClN2O2. The molecule has 0 bridgehead atoms. The zero-order chi connectivity index (χ0) is 17.1. The number of carbonyl (C=O) groups is 1. The first-order chi connectivity index (χ1) is 11.6. The largest absolute Gasteiger partial charge is 0.348 e. The van der Waals surface area contributed by atoms with Gasteiger partial charge >= 0.3 is 0 Å². The number of aromatic nitrogens is 1. The van der Waals surface area contributed by atoms with Gasteiger partial charge in [-0.15, -0.1) is 0 Å². The zero-order valence-electron chi connectivity index (χ0n) is 13.3. The van der Waals surface area contributed by atoms with Crippen molar-refractivity contribution >= 4 is 28.4 Å². The number of para-hydroxylation sites is 1. The van der Waals surface area contributed by atoms with Gasteiger partial charge in [0, 0.05) is 29.7 Å². The number of nitrogens with zero attached hydrogens (tertiary/aromatic N) is 1. The number of rotatable bonds is 4. The Labute approximate surface area is 144 Å². The van der Waals surface area contributed by atoms with Crippen LogP contribution in [0.15, 0.2) is 59.5 Å². The van der Waals surface area contributed by atoms with Crippen molar-refractivity contribution in [2.75, 3.05) is 0 Å². The van der Waals surface area contributed by atoms with E-state index in [-0.39, 0.29) is 16.9 Å². The number of hydrogen-bond acceptors (Lipinski definition) is 2. The molecule has 0 aliphatic carbocycles. The molecule has 0 aliphatic rings. The Kier molecular flexibility index (Phi) is 4.67. The Hall–Kier alpha value is -2.59. The normalized spacial score (nSPS) is 10.8. The van der Waals surface area contributed by atoms with Crippen LogP contribution < -0.4 is 10.7 Å². The lowest BCUT2D eigenvalue weighted by Gasteiger charge is -2.11. The van der Waals surface area contributed by atoms with E-state index >= 15 is 0 Å². The van der Waals surface area contributed by atoms with Crippen molar-refractivity contribution in [2.45, 2.75) is 20.0 Å². The number of carbonyl (C=O) groups excluding carboxylic acids is 1. The number of halogens is 1. The van der Waals surface area contributed by atoms with E-state index in [1.165, 1.54) is 0 Å². The lowest BCUT2D eigenvalue weighted by Crippen LogP contribution is -2.29. The van der Waals surface area contributed by atoms with Crippen molar-refractivity contribution in [1.29, 1.82) is 0 Å². The monoisotopic (exact) mass is 340 g/mol. The standard InChI is InChI=1S/C19H17ClN2O2/c1-2-22-12-16(18(23)15-5-3-4-6-17(15)22)19(24)21-11-13-7-9-14(20)10-8-13/h3-10,12H,2,11H2,1H3,(H,21,24). The van der Waals surface area contributed by atoms with Crippen molar-refractivity contribution in [3.63, 3.8) is 0 Å². The summed E-state index contributed by atoms with van der Waals surface area (Å²) in [7, 11) is 0. The molecule has 122 valence electrons. The highest BCUT2D eigenvalue weighted by atomic mass is 35.5. The molecule has 0 saturated carbocycles. The lowest BCUT2D eigenvalue weighted by atomic mass is 10.1. The lowest BCUT2D eigenvalue weighted by molar-refractivity contribution is 0.0949. The summed E-state index contributed by atoms with van der Waals surface area (Å²) in [5.74, 6) is -0.372. The van der Waals surface area contributed by atoms with Gasteiger partial charge in [0.05, 0.1) is 5.52 Å². The van der Waals surface area contributed by atoms with E-state index in [2.05, 4.69) is 5.32 Å². The molecule has 3 rings (SSSR count). The predicted octanol–water partition coefficient (Wildman–Crippen LogP) is 3.60. The first-order valence-corrected chi connectivity index (χ1v) is 8.12. The number of nitrogens with one attached hydrogen (secondary N) is 1. The van der Waals surface area contributed by atoms with E-state index in [4.69, 9.17) is 11.6 Å². The molecule has 0 unspecified atom stereocenters. The number of pyridine rings is 1. The molecular weight excluding hydrogens is 324 g/mol. The minimum absolute atomic E-state index is 0.157. The Morgan fingerprint density at radius 2 is 1.83 bits per heavy atom. The molecule has 24 heavy (non-hydrogen) atoms. The summed E-state index contributed by atoms with van der Waals surface area (Å²) in [6.07, 6.45) is 1.63. The molecule has 5 heteroatoms. The van der Waals surface area contributed by atoms with Gasteiger partial charge < -0.3 is 9.88 Å². The van der Waals surface area contributed by atoms with Gasteiger partial charge in [-0.25, -0.2) is 0 Å². The van der Waals surface area contributed by atoms with E-state index in [0.717, 1.165) is 11.1 Å². The summed E-state index contributed by atoms with van der Waals surface area (Å²) in [6.45, 7) is 3.00. The SMILES string of the molecule is CCn1cc(C(=O)NCc2ccc(Cl)cc2)c(=O)c2ccccc21. The number of aryl methyl sites for hydroxylation is 1. The van der Waals surface area contributed by atoms with Crippen molar-refractivity contribution < 1.29 is 4.79 Å². The van der Waals surface area contributed by atoms with Gasteiger partial charge in [0.1, 0.15) is 5.56 Å². The molecule has 1 amide bonds. The molecule has 4 nitrogen and oxygen atoms in total. The van der Waals surface area contributed by atoms with Crippen LogP contribution in [0.25, 0.3) is 10.9 Å². The molecule has 0 radical (unpaired) electrons. The fraction of sp³-hybridized carbons (Fsp3) is 0.158. The fourth-order valence-corrected chi connectivity index (χ4v) is 2.77. The van der Waals surface area contributed by atoms with Gasteiger partial charge in [0.2, 0.25) is 5.43 Å². The summed E-state index contributed by atoms with van der Waals surface area (Å²) in [5, 5.41) is 3.99. The first-order valence-electron chi connectivity index (χ1n) is 7.75. The molecule has 1 heterocycles. The van der Waals surface area contributed by atoms with E-state index < -0.39 is 0 Å². The first kappa shape index (κ1) is 16.3. The van der Waals surface area contributed by atoms with Gasteiger partial charge in [0.15, 0.2) is 0 Å². The van der Waals surface area contributed by atoms with Crippen molar-refractivity contribution in [1.82, 2.24) is 9.88 Å². The second-order valence-electron chi connectivity index (χ2n) is 5.48. The highest BCUT2D eigenvalue weighted by Crippen LogP contribution is 2.12. The highest BCUT2D eigenvalue weighted by Gasteiger charge is 2.14. The minimum Gasteiger partial charge on any atom is -0.348 e. The molecule has 0 fully saturated rings. The molecule has 1 aromatic heterocycles. The molecule has 2 aromatic carbocycles. The van der Waals surface area contributed by atoms with Crippen LogP contribution in [0.5, 0.6) is 0 Å². The third-order valence-corrected chi connectivity index (χ3v) is 4.19. The average molecular weight is 341 g/mol. The maximum absolute atomic E-state index is 12.6. The van der Waals surface area contributed by atoms with Crippen LogP contribution in [0.3, 0.4) is 0 Å². The van der Waals surface area contributed by atoms with E-state index in [9.17, 15) is 9.59 Å². The van der Waals surface area contributed by atoms with Crippen LogP contribution in [-0.4, -0.2) is 10.5 Å². The number of hydrogen-bond donors (Lipinski definition) is 1. The average Bonchev–Trinajstić information content (AvgIpc) is 2.61. The van der Waals surface area contributed by atoms with Crippen LogP contribution in [-0.2, 0) is 13.1 Å². The Morgan fingerprint density at radius 1 is 1.12 bits per heavy atom. The van der Waals surface area contributed by atoms with Crippen molar-refractivity contribution in [3.05, 3.63) is 81.1 Å². The van der Waals surface area contributed by atoms with Gasteiger partial charge in [-0.05, 0) is 36.8 Å². The third kappa shape index (κ3) is 3.19. The molecule has 0 atom stereocenters. The Balaban J connectivity index is 1.90. The van der Waals surface area contributed by atoms with Crippen molar-refractivity contribution in [3.8, 4) is 0 Å². The van der Waals surface area contributed by atoms with Crippen molar-refractivity contribution in [2.24, 2.45) is 0 Å². The molecule has 0 saturated heterocycles.